The second-order valence-corrected chi connectivity index (χ2v) is 8.12. The third-order valence-corrected chi connectivity index (χ3v) is 6.87. The number of Topliss-reactive ketones (excluding diaryl/α,β-unsaturated/α-hetero) is 1. The summed E-state index contributed by atoms with van der Waals surface area (Å²) in [4.78, 5) is 24.5. The van der Waals surface area contributed by atoms with Crippen molar-refractivity contribution < 1.29 is 9.59 Å². The zero-order valence-electron chi connectivity index (χ0n) is 14.2. The summed E-state index contributed by atoms with van der Waals surface area (Å²) in [6, 6.07) is 0. The fraction of sp³-hybridized carbons (Fsp3) is 0.524. The maximum absolute atomic E-state index is 12.5. The summed E-state index contributed by atoms with van der Waals surface area (Å²) < 4.78 is 0. The van der Waals surface area contributed by atoms with Crippen LogP contribution >= 0.6 is 0 Å². The maximum Gasteiger partial charge on any atom is 0.167 e. The molecule has 2 heteroatoms. The Hall–Kier alpha value is -1.70. The van der Waals surface area contributed by atoms with Crippen LogP contribution < -0.4 is 0 Å². The molecule has 1 saturated carbocycles. The van der Waals surface area contributed by atoms with Gasteiger partial charge < -0.3 is 0 Å². The molecule has 23 heavy (non-hydrogen) atoms. The highest BCUT2D eigenvalue weighted by Crippen LogP contribution is 2.61. The Morgan fingerprint density at radius 3 is 2.70 bits per heavy atom. The fourth-order valence-electron chi connectivity index (χ4n) is 5.59. The van der Waals surface area contributed by atoms with E-state index in [-0.39, 0.29) is 22.4 Å². The van der Waals surface area contributed by atoms with E-state index in [1.165, 1.54) is 17.6 Å². The van der Waals surface area contributed by atoms with E-state index in [0.29, 0.717) is 5.92 Å². The molecule has 0 radical (unpaired) electrons. The Kier molecular flexibility index (Phi) is 3.01. The third-order valence-electron chi connectivity index (χ3n) is 6.87. The Bertz CT molecular complexity index is 733. The lowest BCUT2D eigenvalue weighted by Gasteiger charge is -2.51. The highest BCUT2D eigenvalue weighted by Gasteiger charge is 2.55. The van der Waals surface area contributed by atoms with Gasteiger partial charge in [-0.25, -0.2) is 0 Å². The molecule has 2 nitrogen and oxygen atoms in total. The van der Waals surface area contributed by atoms with Crippen molar-refractivity contribution in [1.82, 2.24) is 0 Å². The van der Waals surface area contributed by atoms with Gasteiger partial charge in [-0.05, 0) is 66.7 Å². The average Bonchev–Trinajstić information content (AvgIpc) is 2.77. The number of fused-ring (bicyclic) bond motifs is 5. The van der Waals surface area contributed by atoms with Crippen LogP contribution in [0.25, 0.3) is 0 Å². The topological polar surface area (TPSA) is 34.1 Å². The van der Waals surface area contributed by atoms with Crippen LogP contribution in [0.5, 0.6) is 0 Å². The zero-order chi connectivity index (χ0) is 16.4. The van der Waals surface area contributed by atoms with E-state index in [9.17, 15) is 9.59 Å². The summed E-state index contributed by atoms with van der Waals surface area (Å²) in [6.45, 7) is 6.06. The summed E-state index contributed by atoms with van der Waals surface area (Å²) in [6.07, 6.45) is 15.1. The number of hydrogen-bond donors (Lipinski definition) is 0. The molecule has 0 N–H and O–H groups in total. The molecule has 0 spiro atoms. The minimum atomic E-state index is -0.469. The highest BCUT2D eigenvalue weighted by molar-refractivity contribution is 6.11. The number of ketones is 2. The minimum Gasteiger partial charge on any atom is -0.299 e. The molecular formula is C21H24O2. The SMILES string of the molecule is CC(=O)[C@H]1C(=O)C=C2C3=CC=C4C=CCC[C@]4(C)[C@H]3CC[C@@]21C. The lowest BCUT2D eigenvalue weighted by atomic mass is 9.52. The van der Waals surface area contributed by atoms with Gasteiger partial charge in [-0.3, -0.25) is 9.59 Å². The normalized spacial score (nSPS) is 41.3. The van der Waals surface area contributed by atoms with Gasteiger partial charge in [0, 0.05) is 5.41 Å². The minimum absolute atomic E-state index is 0.0139. The van der Waals surface area contributed by atoms with Gasteiger partial charge in [0.1, 0.15) is 5.78 Å². The van der Waals surface area contributed by atoms with Gasteiger partial charge in [-0.15, -0.1) is 0 Å². The van der Waals surface area contributed by atoms with Crippen molar-refractivity contribution in [2.24, 2.45) is 22.7 Å². The molecule has 0 unspecified atom stereocenters. The number of carbonyl (C=O) groups is 2. The van der Waals surface area contributed by atoms with E-state index in [1.807, 2.05) is 0 Å². The summed E-state index contributed by atoms with van der Waals surface area (Å²) in [5.74, 6) is 0.0377. The van der Waals surface area contributed by atoms with Crippen LogP contribution in [-0.4, -0.2) is 11.6 Å². The van der Waals surface area contributed by atoms with Gasteiger partial charge >= 0.3 is 0 Å². The average molecular weight is 308 g/mol. The van der Waals surface area contributed by atoms with E-state index in [1.54, 1.807) is 13.0 Å². The predicted octanol–water partition coefficient (Wildman–Crippen LogP) is 4.34. The Labute approximate surface area is 138 Å². The van der Waals surface area contributed by atoms with Crippen molar-refractivity contribution in [3.8, 4) is 0 Å². The molecule has 0 aromatic rings. The Morgan fingerprint density at radius 1 is 1.17 bits per heavy atom. The molecule has 4 rings (SSSR count). The van der Waals surface area contributed by atoms with Crippen molar-refractivity contribution >= 4 is 11.6 Å². The van der Waals surface area contributed by atoms with Gasteiger partial charge in [0.25, 0.3) is 0 Å². The number of allylic oxidation sites excluding steroid dienone is 8. The van der Waals surface area contributed by atoms with Gasteiger partial charge in [-0.2, -0.15) is 0 Å². The quantitative estimate of drug-likeness (QED) is 0.675. The second kappa shape index (κ2) is 4.66. The Morgan fingerprint density at radius 2 is 1.96 bits per heavy atom. The van der Waals surface area contributed by atoms with Crippen molar-refractivity contribution in [1.29, 1.82) is 0 Å². The first-order valence-corrected chi connectivity index (χ1v) is 8.74. The van der Waals surface area contributed by atoms with Crippen LogP contribution in [0.1, 0.15) is 46.5 Å². The smallest absolute Gasteiger partial charge is 0.167 e. The molecule has 4 aliphatic rings. The molecular weight excluding hydrogens is 284 g/mol. The molecule has 0 heterocycles. The molecule has 0 aromatic heterocycles. The molecule has 0 aromatic carbocycles. The van der Waals surface area contributed by atoms with E-state index in [2.05, 4.69) is 38.2 Å². The first kappa shape index (κ1) is 14.9. The molecule has 120 valence electrons. The second-order valence-electron chi connectivity index (χ2n) is 8.12. The standard InChI is InChI=1S/C21H24O2/c1-13(22)19-18(23)12-17-15-8-7-14-6-4-5-10-20(14,2)16(15)9-11-21(17,19)3/h4,6-8,12,16,19H,5,9-11H2,1-3H3/t16-,19-,20-,21-/m0/s1. The summed E-state index contributed by atoms with van der Waals surface area (Å²) in [7, 11) is 0. The molecule has 4 atom stereocenters. The van der Waals surface area contributed by atoms with Crippen LogP contribution in [0.2, 0.25) is 0 Å². The lowest BCUT2D eigenvalue weighted by molar-refractivity contribution is -0.132. The number of carbonyl (C=O) groups excluding carboxylic acids is 2. The monoisotopic (exact) mass is 308 g/mol. The van der Waals surface area contributed by atoms with Gasteiger partial charge in [0.2, 0.25) is 0 Å². The molecule has 0 amide bonds. The first-order chi connectivity index (χ1) is 10.9. The highest BCUT2D eigenvalue weighted by atomic mass is 16.1. The van der Waals surface area contributed by atoms with Gasteiger partial charge in [0.05, 0.1) is 5.92 Å². The number of hydrogen-bond acceptors (Lipinski definition) is 2. The van der Waals surface area contributed by atoms with E-state index in [0.717, 1.165) is 24.8 Å². The van der Waals surface area contributed by atoms with Crippen molar-refractivity contribution in [3.63, 3.8) is 0 Å². The van der Waals surface area contributed by atoms with Crippen LogP contribution in [0.15, 0.2) is 47.1 Å². The first-order valence-electron chi connectivity index (χ1n) is 8.74. The lowest BCUT2D eigenvalue weighted by Crippen LogP contribution is -2.43. The predicted molar refractivity (Wildman–Crippen MR) is 90.7 cm³/mol. The van der Waals surface area contributed by atoms with E-state index < -0.39 is 5.92 Å². The van der Waals surface area contributed by atoms with Crippen molar-refractivity contribution in [2.45, 2.75) is 46.5 Å². The largest absolute Gasteiger partial charge is 0.299 e. The van der Waals surface area contributed by atoms with Gasteiger partial charge in [0.15, 0.2) is 5.78 Å². The van der Waals surface area contributed by atoms with Gasteiger partial charge in [-0.1, -0.05) is 38.2 Å². The Balaban J connectivity index is 1.83. The molecule has 4 aliphatic carbocycles. The van der Waals surface area contributed by atoms with Crippen LogP contribution in [-0.2, 0) is 9.59 Å². The van der Waals surface area contributed by atoms with Crippen LogP contribution in [0.3, 0.4) is 0 Å². The van der Waals surface area contributed by atoms with E-state index >= 15 is 0 Å². The van der Waals surface area contributed by atoms with Crippen LogP contribution in [0, 0.1) is 22.7 Å². The summed E-state index contributed by atoms with van der Waals surface area (Å²) >= 11 is 0. The summed E-state index contributed by atoms with van der Waals surface area (Å²) in [5, 5.41) is 0. The molecule has 0 saturated heterocycles. The van der Waals surface area contributed by atoms with Crippen molar-refractivity contribution in [3.05, 3.63) is 47.1 Å². The van der Waals surface area contributed by atoms with Crippen LogP contribution in [0.4, 0.5) is 0 Å². The number of rotatable bonds is 1. The van der Waals surface area contributed by atoms with Crippen molar-refractivity contribution in [2.75, 3.05) is 0 Å². The summed E-state index contributed by atoms with van der Waals surface area (Å²) in [5.41, 5.74) is 3.77. The molecule has 0 aliphatic heterocycles. The zero-order valence-corrected chi connectivity index (χ0v) is 14.2. The van der Waals surface area contributed by atoms with E-state index in [4.69, 9.17) is 0 Å². The maximum atomic E-state index is 12.5. The molecule has 0 bridgehead atoms. The fourth-order valence-corrected chi connectivity index (χ4v) is 5.59. The third kappa shape index (κ3) is 1.81. The molecule has 1 fully saturated rings.